The lowest BCUT2D eigenvalue weighted by Gasteiger charge is -2.19. The molecular weight excluding hydrogens is 377 g/mol. The Morgan fingerprint density at radius 3 is 2.72 bits per heavy atom. The summed E-state index contributed by atoms with van der Waals surface area (Å²) in [6, 6.07) is 10.5. The molecule has 7 heteroatoms. The van der Waals surface area contributed by atoms with Gasteiger partial charge in [0.05, 0.1) is 17.1 Å². The molecule has 138 valence electrons. The van der Waals surface area contributed by atoms with Gasteiger partial charge in [0, 0.05) is 17.8 Å². The standard InChI is InChI=1S/C18H23N3OS.2ClH/c19-11-14-7-4-8-16(14)21-17(22)10-15-12-23-18(20-15)9-13-5-2-1-3-6-13;;/h1-3,5-6,12,14,16H,4,7-11,19H2,(H,21,22);2*1H. The third kappa shape index (κ3) is 6.26. The maximum atomic E-state index is 12.2. The quantitative estimate of drug-likeness (QED) is 0.779. The first-order chi connectivity index (χ1) is 11.2. The molecule has 2 unspecified atom stereocenters. The number of hydrogen-bond donors (Lipinski definition) is 2. The molecule has 0 aliphatic heterocycles. The van der Waals surface area contributed by atoms with Crippen LogP contribution in [0.4, 0.5) is 0 Å². The normalized spacial score (nSPS) is 18.9. The van der Waals surface area contributed by atoms with Crippen LogP contribution in [0.15, 0.2) is 35.7 Å². The Morgan fingerprint density at radius 1 is 1.24 bits per heavy atom. The second kappa shape index (κ2) is 10.8. The van der Waals surface area contributed by atoms with Crippen molar-refractivity contribution in [1.82, 2.24) is 10.3 Å². The maximum absolute atomic E-state index is 12.2. The highest BCUT2D eigenvalue weighted by Crippen LogP contribution is 2.24. The molecule has 25 heavy (non-hydrogen) atoms. The Balaban J connectivity index is 0.00000156. The number of amides is 1. The van der Waals surface area contributed by atoms with Gasteiger partial charge in [0.1, 0.15) is 0 Å². The number of rotatable bonds is 6. The highest BCUT2D eigenvalue weighted by molar-refractivity contribution is 7.09. The molecule has 1 heterocycles. The van der Waals surface area contributed by atoms with Crippen LogP contribution in [0.2, 0.25) is 0 Å². The predicted octanol–water partition coefficient (Wildman–Crippen LogP) is 3.36. The highest BCUT2D eigenvalue weighted by atomic mass is 35.5. The van der Waals surface area contributed by atoms with E-state index >= 15 is 0 Å². The molecular formula is C18H25Cl2N3OS. The monoisotopic (exact) mass is 401 g/mol. The third-order valence-electron chi connectivity index (χ3n) is 4.45. The van der Waals surface area contributed by atoms with E-state index < -0.39 is 0 Å². The van der Waals surface area contributed by atoms with Crippen LogP contribution >= 0.6 is 36.2 Å². The molecule has 1 fully saturated rings. The van der Waals surface area contributed by atoms with E-state index in [2.05, 4.69) is 22.4 Å². The molecule has 2 atom stereocenters. The zero-order valence-corrected chi connectivity index (χ0v) is 16.5. The molecule has 0 spiro atoms. The van der Waals surface area contributed by atoms with Crippen LogP contribution in [0.5, 0.6) is 0 Å². The number of carbonyl (C=O) groups excluding carboxylic acids is 1. The van der Waals surface area contributed by atoms with E-state index in [1.165, 1.54) is 5.56 Å². The van der Waals surface area contributed by atoms with Gasteiger partial charge in [-0.05, 0) is 30.9 Å². The average molecular weight is 402 g/mol. The fraction of sp³-hybridized carbons (Fsp3) is 0.444. The summed E-state index contributed by atoms with van der Waals surface area (Å²) in [5, 5.41) is 6.18. The van der Waals surface area contributed by atoms with Crippen LogP contribution in [0.1, 0.15) is 35.5 Å². The van der Waals surface area contributed by atoms with Crippen molar-refractivity contribution in [3.8, 4) is 0 Å². The minimum atomic E-state index is 0. The van der Waals surface area contributed by atoms with E-state index in [0.29, 0.717) is 18.9 Å². The number of nitrogens with zero attached hydrogens (tertiary/aromatic N) is 1. The summed E-state index contributed by atoms with van der Waals surface area (Å²) in [7, 11) is 0. The molecule has 1 aliphatic carbocycles. The van der Waals surface area contributed by atoms with E-state index in [1.54, 1.807) is 11.3 Å². The van der Waals surface area contributed by atoms with Gasteiger partial charge < -0.3 is 11.1 Å². The first-order valence-corrected chi connectivity index (χ1v) is 9.09. The number of nitrogens with one attached hydrogen (secondary N) is 1. The average Bonchev–Trinajstić information content (AvgIpc) is 3.17. The summed E-state index contributed by atoms with van der Waals surface area (Å²) < 4.78 is 0. The molecule has 1 aliphatic rings. The topological polar surface area (TPSA) is 68.0 Å². The Bertz CT molecular complexity index is 651. The Hall–Kier alpha value is -1.14. The summed E-state index contributed by atoms with van der Waals surface area (Å²) in [5.74, 6) is 0.495. The summed E-state index contributed by atoms with van der Waals surface area (Å²) in [6.45, 7) is 0.656. The van der Waals surface area contributed by atoms with Gasteiger partial charge in [0.15, 0.2) is 0 Å². The summed E-state index contributed by atoms with van der Waals surface area (Å²) in [6.07, 6.45) is 4.51. The van der Waals surface area contributed by atoms with Gasteiger partial charge in [0.25, 0.3) is 0 Å². The largest absolute Gasteiger partial charge is 0.353 e. The number of benzene rings is 1. The lowest BCUT2D eigenvalue weighted by atomic mass is 10.0. The van der Waals surface area contributed by atoms with Gasteiger partial charge >= 0.3 is 0 Å². The van der Waals surface area contributed by atoms with Gasteiger partial charge in [0.2, 0.25) is 5.91 Å². The van der Waals surface area contributed by atoms with E-state index in [1.807, 2.05) is 23.6 Å². The third-order valence-corrected chi connectivity index (χ3v) is 5.34. The summed E-state index contributed by atoms with van der Waals surface area (Å²) >= 11 is 1.62. The number of nitrogens with two attached hydrogens (primary N) is 1. The smallest absolute Gasteiger partial charge is 0.226 e. The summed E-state index contributed by atoms with van der Waals surface area (Å²) in [5.41, 5.74) is 7.87. The van der Waals surface area contributed by atoms with Crippen LogP contribution in [-0.2, 0) is 17.6 Å². The molecule has 1 amide bonds. The van der Waals surface area contributed by atoms with Crippen molar-refractivity contribution >= 4 is 42.1 Å². The molecule has 0 radical (unpaired) electrons. The van der Waals surface area contributed by atoms with Crippen LogP contribution in [0.25, 0.3) is 0 Å². The Labute approximate surface area is 165 Å². The van der Waals surface area contributed by atoms with Gasteiger partial charge in [-0.1, -0.05) is 36.8 Å². The fourth-order valence-corrected chi connectivity index (χ4v) is 4.04. The molecule has 1 aromatic heterocycles. The molecule has 4 nitrogen and oxygen atoms in total. The van der Waals surface area contributed by atoms with Crippen LogP contribution < -0.4 is 11.1 Å². The van der Waals surface area contributed by atoms with Gasteiger partial charge in [-0.2, -0.15) is 0 Å². The second-order valence-electron chi connectivity index (χ2n) is 6.17. The first kappa shape index (κ1) is 21.9. The lowest BCUT2D eigenvalue weighted by Crippen LogP contribution is -2.40. The number of thiazole rings is 1. The SMILES string of the molecule is Cl.Cl.NCC1CCCC1NC(=O)Cc1csc(Cc2ccccc2)n1. The minimum absolute atomic E-state index is 0. The molecule has 0 saturated heterocycles. The highest BCUT2D eigenvalue weighted by Gasteiger charge is 2.27. The van der Waals surface area contributed by atoms with E-state index in [4.69, 9.17) is 5.73 Å². The fourth-order valence-electron chi connectivity index (χ4n) is 3.21. The van der Waals surface area contributed by atoms with Crippen molar-refractivity contribution in [1.29, 1.82) is 0 Å². The number of hydrogen-bond acceptors (Lipinski definition) is 4. The van der Waals surface area contributed by atoms with E-state index in [-0.39, 0.29) is 36.8 Å². The second-order valence-corrected chi connectivity index (χ2v) is 7.12. The van der Waals surface area contributed by atoms with Crippen molar-refractivity contribution in [3.63, 3.8) is 0 Å². The van der Waals surface area contributed by atoms with Crippen molar-refractivity contribution in [2.24, 2.45) is 11.7 Å². The predicted molar refractivity (Wildman–Crippen MR) is 108 cm³/mol. The molecule has 0 bridgehead atoms. The van der Waals surface area contributed by atoms with Gasteiger partial charge in [-0.15, -0.1) is 36.2 Å². The van der Waals surface area contributed by atoms with E-state index in [9.17, 15) is 4.79 Å². The molecule has 1 aromatic carbocycles. The van der Waals surface area contributed by atoms with Crippen molar-refractivity contribution in [2.45, 2.75) is 38.1 Å². The molecule has 3 rings (SSSR count). The van der Waals surface area contributed by atoms with Crippen LogP contribution in [0, 0.1) is 5.92 Å². The Kier molecular flexibility index (Phi) is 9.43. The molecule has 3 N–H and O–H groups in total. The Morgan fingerprint density at radius 2 is 2.00 bits per heavy atom. The van der Waals surface area contributed by atoms with Crippen LogP contribution in [-0.4, -0.2) is 23.5 Å². The van der Waals surface area contributed by atoms with E-state index in [0.717, 1.165) is 36.4 Å². The number of halogens is 2. The maximum Gasteiger partial charge on any atom is 0.226 e. The van der Waals surface area contributed by atoms with Crippen molar-refractivity contribution in [2.75, 3.05) is 6.54 Å². The van der Waals surface area contributed by atoms with Gasteiger partial charge in [-0.3, -0.25) is 4.79 Å². The zero-order valence-electron chi connectivity index (χ0n) is 14.0. The molecule has 1 saturated carbocycles. The minimum Gasteiger partial charge on any atom is -0.353 e. The summed E-state index contributed by atoms with van der Waals surface area (Å²) in [4.78, 5) is 16.8. The lowest BCUT2D eigenvalue weighted by molar-refractivity contribution is -0.121. The number of carbonyl (C=O) groups is 1. The zero-order chi connectivity index (χ0) is 16.1. The first-order valence-electron chi connectivity index (χ1n) is 8.21. The number of aromatic nitrogens is 1. The van der Waals surface area contributed by atoms with Crippen molar-refractivity contribution in [3.05, 3.63) is 52.0 Å². The van der Waals surface area contributed by atoms with Crippen molar-refractivity contribution < 1.29 is 4.79 Å². The molecule has 2 aromatic rings. The van der Waals surface area contributed by atoms with Crippen LogP contribution in [0.3, 0.4) is 0 Å². The van der Waals surface area contributed by atoms with Gasteiger partial charge in [-0.25, -0.2) is 4.98 Å².